The number of rotatable bonds is 7. The first-order valence-corrected chi connectivity index (χ1v) is 7.81. The first-order chi connectivity index (χ1) is 9.38. The van der Waals surface area contributed by atoms with Crippen molar-refractivity contribution >= 4 is 16.0 Å². The summed E-state index contributed by atoms with van der Waals surface area (Å²) in [6, 6.07) is 5.07. The Labute approximate surface area is 117 Å². The minimum Gasteiger partial charge on any atom is -0.478 e. The van der Waals surface area contributed by atoms with E-state index >= 15 is 0 Å². The zero-order valence-corrected chi connectivity index (χ0v) is 11.7. The molecule has 110 valence electrons. The first kappa shape index (κ1) is 15.0. The van der Waals surface area contributed by atoms with E-state index in [1.807, 2.05) is 0 Å². The summed E-state index contributed by atoms with van der Waals surface area (Å²) in [5.74, 6) is -1.10. The Morgan fingerprint density at radius 3 is 2.30 bits per heavy atom. The number of aromatic carboxylic acids is 1. The fraction of sp³-hybridized carbons (Fsp3) is 0.462. The van der Waals surface area contributed by atoms with Gasteiger partial charge in [-0.2, -0.15) is 0 Å². The summed E-state index contributed by atoms with van der Waals surface area (Å²) in [4.78, 5) is 10.8. The van der Waals surface area contributed by atoms with Crippen LogP contribution in [0.25, 0.3) is 0 Å². The zero-order valence-electron chi connectivity index (χ0n) is 10.9. The van der Waals surface area contributed by atoms with E-state index in [1.54, 1.807) is 0 Å². The van der Waals surface area contributed by atoms with E-state index in [0.29, 0.717) is 13.0 Å². The van der Waals surface area contributed by atoms with Crippen molar-refractivity contribution in [3.05, 3.63) is 29.8 Å². The summed E-state index contributed by atoms with van der Waals surface area (Å²) in [7, 11) is -3.64. The summed E-state index contributed by atoms with van der Waals surface area (Å²) in [6.45, 7) is 0.353. The topological polar surface area (TPSA) is 104 Å². The van der Waals surface area contributed by atoms with E-state index in [-0.39, 0.29) is 22.5 Å². The maximum Gasteiger partial charge on any atom is 0.335 e. The first-order valence-electron chi connectivity index (χ1n) is 6.32. The van der Waals surface area contributed by atoms with E-state index < -0.39 is 16.0 Å². The number of carboxylic acid groups (broad SMARTS) is 1. The van der Waals surface area contributed by atoms with Gasteiger partial charge in [0.05, 0.1) is 10.5 Å². The predicted molar refractivity (Wildman–Crippen MR) is 72.0 cm³/mol. The molecule has 0 unspecified atom stereocenters. The minimum atomic E-state index is -3.64. The van der Waals surface area contributed by atoms with Gasteiger partial charge in [-0.25, -0.2) is 17.9 Å². The summed E-state index contributed by atoms with van der Waals surface area (Å²) < 4.78 is 26.7. The number of nitrogens with one attached hydrogen (secondary N) is 1. The van der Waals surface area contributed by atoms with Gasteiger partial charge < -0.3 is 10.2 Å². The Bertz CT molecular complexity index is 590. The number of carboxylic acids is 1. The molecule has 20 heavy (non-hydrogen) atoms. The molecule has 0 amide bonds. The molecule has 0 saturated heterocycles. The van der Waals surface area contributed by atoms with Crippen molar-refractivity contribution in [3.8, 4) is 0 Å². The molecule has 0 aromatic heterocycles. The van der Waals surface area contributed by atoms with Crippen LogP contribution in [0.2, 0.25) is 0 Å². The second kappa shape index (κ2) is 5.51. The second-order valence-corrected chi connectivity index (χ2v) is 6.89. The molecular weight excluding hydrogens is 282 g/mol. The van der Waals surface area contributed by atoms with E-state index in [1.165, 1.54) is 24.3 Å². The average molecular weight is 299 g/mol. The molecule has 2 rings (SSSR count). The molecule has 0 aliphatic heterocycles. The molecule has 0 spiro atoms. The van der Waals surface area contributed by atoms with Crippen LogP contribution in [0, 0.1) is 5.41 Å². The van der Waals surface area contributed by atoms with Gasteiger partial charge in [0.25, 0.3) is 0 Å². The van der Waals surface area contributed by atoms with Gasteiger partial charge in [0.15, 0.2) is 0 Å². The van der Waals surface area contributed by atoms with Crippen LogP contribution in [-0.2, 0) is 10.0 Å². The molecule has 1 fully saturated rings. The summed E-state index contributed by atoms with van der Waals surface area (Å²) in [6.07, 6.45) is 2.41. The van der Waals surface area contributed by atoms with E-state index in [9.17, 15) is 13.2 Å². The summed E-state index contributed by atoms with van der Waals surface area (Å²) in [5, 5.41) is 17.7. The third-order valence-electron chi connectivity index (χ3n) is 3.65. The molecule has 1 aliphatic rings. The molecule has 7 heteroatoms. The molecule has 0 radical (unpaired) electrons. The van der Waals surface area contributed by atoms with Crippen molar-refractivity contribution in [1.82, 2.24) is 4.72 Å². The predicted octanol–water partition coefficient (Wildman–Crippen LogP) is 0.826. The van der Waals surface area contributed by atoms with Gasteiger partial charge >= 0.3 is 5.97 Å². The monoisotopic (exact) mass is 299 g/mol. The number of hydrogen-bond donors (Lipinski definition) is 3. The van der Waals surface area contributed by atoms with Crippen LogP contribution in [0.3, 0.4) is 0 Å². The molecule has 0 bridgehead atoms. The molecule has 0 atom stereocenters. The van der Waals surface area contributed by atoms with Crippen LogP contribution in [0.4, 0.5) is 0 Å². The molecular formula is C13H17NO5S. The maximum absolute atomic E-state index is 12.1. The Kier molecular flexibility index (Phi) is 4.12. The normalized spacial score (nSPS) is 16.9. The Morgan fingerprint density at radius 2 is 1.85 bits per heavy atom. The van der Waals surface area contributed by atoms with Crippen molar-refractivity contribution in [2.24, 2.45) is 5.41 Å². The van der Waals surface area contributed by atoms with Crippen molar-refractivity contribution in [2.75, 3.05) is 13.2 Å². The van der Waals surface area contributed by atoms with Crippen molar-refractivity contribution < 1.29 is 23.4 Å². The van der Waals surface area contributed by atoms with Crippen molar-refractivity contribution in [1.29, 1.82) is 0 Å². The lowest BCUT2D eigenvalue weighted by molar-refractivity contribution is 0.0696. The lowest BCUT2D eigenvalue weighted by Crippen LogP contribution is -2.30. The standard InChI is InChI=1S/C13H17NO5S/c15-8-7-13(5-6-13)9-14-20(18,19)11-3-1-10(2-4-11)12(16)17/h1-4,14-15H,5-9H2,(H,16,17). The quantitative estimate of drug-likeness (QED) is 0.691. The molecule has 1 aromatic carbocycles. The molecule has 0 heterocycles. The van der Waals surface area contributed by atoms with Gasteiger partial charge in [0, 0.05) is 13.2 Å². The zero-order chi connectivity index (χ0) is 14.8. The highest BCUT2D eigenvalue weighted by atomic mass is 32.2. The van der Waals surface area contributed by atoms with Crippen LogP contribution in [0.15, 0.2) is 29.2 Å². The number of carbonyl (C=O) groups is 1. The Hall–Kier alpha value is -1.44. The van der Waals surface area contributed by atoms with E-state index in [4.69, 9.17) is 10.2 Å². The van der Waals surface area contributed by atoms with Gasteiger partial charge in [0.1, 0.15) is 0 Å². The summed E-state index contributed by atoms with van der Waals surface area (Å²) in [5.41, 5.74) is -0.0640. The van der Waals surface area contributed by atoms with Crippen molar-refractivity contribution in [2.45, 2.75) is 24.2 Å². The number of aliphatic hydroxyl groups is 1. The maximum atomic E-state index is 12.1. The van der Waals surface area contributed by atoms with Gasteiger partial charge in [-0.05, 0) is 48.9 Å². The molecule has 3 N–H and O–H groups in total. The highest BCUT2D eigenvalue weighted by molar-refractivity contribution is 7.89. The third kappa shape index (κ3) is 3.36. The fourth-order valence-electron chi connectivity index (χ4n) is 2.04. The highest BCUT2D eigenvalue weighted by Crippen LogP contribution is 2.48. The lowest BCUT2D eigenvalue weighted by Gasteiger charge is -2.14. The second-order valence-electron chi connectivity index (χ2n) is 5.13. The lowest BCUT2D eigenvalue weighted by atomic mass is 10.0. The van der Waals surface area contributed by atoms with Crippen molar-refractivity contribution in [3.63, 3.8) is 0 Å². The third-order valence-corrected chi connectivity index (χ3v) is 5.07. The van der Waals surface area contributed by atoms with E-state index in [0.717, 1.165) is 12.8 Å². The van der Waals surface area contributed by atoms with Gasteiger partial charge in [0.2, 0.25) is 10.0 Å². The molecule has 1 aromatic rings. The van der Waals surface area contributed by atoms with Crippen LogP contribution in [0.5, 0.6) is 0 Å². The van der Waals surface area contributed by atoms with Gasteiger partial charge in [-0.1, -0.05) is 0 Å². The number of aliphatic hydroxyl groups excluding tert-OH is 1. The average Bonchev–Trinajstić information content (AvgIpc) is 3.18. The van der Waals surface area contributed by atoms with Crippen LogP contribution in [0.1, 0.15) is 29.6 Å². The highest BCUT2D eigenvalue weighted by Gasteiger charge is 2.42. The van der Waals surface area contributed by atoms with E-state index in [2.05, 4.69) is 4.72 Å². The van der Waals surface area contributed by atoms with Gasteiger partial charge in [-0.15, -0.1) is 0 Å². The SMILES string of the molecule is O=C(O)c1ccc(S(=O)(=O)NCC2(CCO)CC2)cc1. The summed E-state index contributed by atoms with van der Waals surface area (Å²) >= 11 is 0. The van der Waals surface area contributed by atoms with Crippen LogP contribution in [-0.4, -0.2) is 37.8 Å². The fourth-order valence-corrected chi connectivity index (χ4v) is 3.19. The number of sulfonamides is 1. The molecule has 1 saturated carbocycles. The van der Waals surface area contributed by atoms with Gasteiger partial charge in [-0.3, -0.25) is 0 Å². The minimum absolute atomic E-state index is 0.0438. The Balaban J connectivity index is 2.05. The Morgan fingerprint density at radius 1 is 1.25 bits per heavy atom. The number of hydrogen-bond acceptors (Lipinski definition) is 4. The van der Waals surface area contributed by atoms with Crippen LogP contribution >= 0.6 is 0 Å². The number of benzene rings is 1. The molecule has 1 aliphatic carbocycles. The largest absolute Gasteiger partial charge is 0.478 e. The smallest absolute Gasteiger partial charge is 0.335 e. The van der Waals surface area contributed by atoms with Crippen LogP contribution < -0.4 is 4.72 Å². The molecule has 6 nitrogen and oxygen atoms in total.